The summed E-state index contributed by atoms with van der Waals surface area (Å²) in [7, 11) is -0.189. The lowest BCUT2D eigenvalue weighted by Gasteiger charge is -2.32. The highest BCUT2D eigenvalue weighted by Crippen LogP contribution is 2.38. The van der Waals surface area contributed by atoms with Crippen molar-refractivity contribution in [2.45, 2.75) is 45.2 Å². The topological polar surface area (TPSA) is 18.5 Å². The van der Waals surface area contributed by atoms with Crippen LogP contribution in [0.1, 0.15) is 27.7 Å². The first kappa shape index (κ1) is 11.5. The van der Waals surface area contributed by atoms with Gasteiger partial charge in [-0.2, -0.15) is 0 Å². The highest BCUT2D eigenvalue weighted by atomic mass is 16.7. The molecule has 0 aromatic rings. The fraction of sp³-hybridized carbons (Fsp3) is 0.636. The molecule has 3 heteroatoms. The zero-order valence-electron chi connectivity index (χ0n) is 9.59. The van der Waals surface area contributed by atoms with Gasteiger partial charge in [0, 0.05) is 6.32 Å². The van der Waals surface area contributed by atoms with Crippen molar-refractivity contribution in [3.8, 4) is 0 Å². The van der Waals surface area contributed by atoms with Crippen LogP contribution in [0.5, 0.6) is 0 Å². The van der Waals surface area contributed by atoms with Gasteiger partial charge in [0.05, 0.1) is 11.2 Å². The molecule has 0 aliphatic carbocycles. The maximum absolute atomic E-state index is 5.81. The summed E-state index contributed by atoms with van der Waals surface area (Å²) in [5.74, 6) is 0. The molecule has 0 aromatic carbocycles. The Morgan fingerprint density at radius 3 is 2.00 bits per heavy atom. The first-order valence-corrected chi connectivity index (χ1v) is 4.94. The lowest BCUT2D eigenvalue weighted by molar-refractivity contribution is 0.00578. The van der Waals surface area contributed by atoms with E-state index >= 15 is 0 Å². The van der Waals surface area contributed by atoms with Crippen molar-refractivity contribution < 1.29 is 9.31 Å². The van der Waals surface area contributed by atoms with Gasteiger partial charge in [0.2, 0.25) is 0 Å². The van der Waals surface area contributed by atoms with Gasteiger partial charge in [-0.1, -0.05) is 24.8 Å². The molecule has 1 aliphatic rings. The van der Waals surface area contributed by atoms with E-state index in [9.17, 15) is 0 Å². The average molecular weight is 194 g/mol. The molecule has 1 aliphatic heterocycles. The van der Waals surface area contributed by atoms with Crippen molar-refractivity contribution in [1.29, 1.82) is 0 Å². The maximum Gasteiger partial charge on any atom is 0.462 e. The van der Waals surface area contributed by atoms with Crippen molar-refractivity contribution in [1.82, 2.24) is 0 Å². The Labute approximate surface area is 87.1 Å². The van der Waals surface area contributed by atoms with Gasteiger partial charge in [-0.05, 0) is 27.7 Å². The van der Waals surface area contributed by atoms with Gasteiger partial charge in [0.1, 0.15) is 0 Å². The normalized spacial score (nSPS) is 23.6. The summed E-state index contributed by atoms with van der Waals surface area (Å²) in [6, 6.07) is 0. The zero-order chi connectivity index (χ0) is 11.0. The molecular weight excluding hydrogens is 175 g/mol. The number of hydrogen-bond donors (Lipinski definition) is 0. The second-order valence-electron chi connectivity index (χ2n) is 4.75. The molecule has 0 bridgehead atoms. The lowest BCUT2D eigenvalue weighted by Crippen LogP contribution is -2.41. The van der Waals surface area contributed by atoms with Crippen LogP contribution in [-0.2, 0) is 9.31 Å². The van der Waals surface area contributed by atoms with E-state index in [1.165, 1.54) is 0 Å². The minimum absolute atomic E-state index is 0.189. The Balaban J connectivity index is 2.64. The van der Waals surface area contributed by atoms with E-state index in [0.29, 0.717) is 6.32 Å². The van der Waals surface area contributed by atoms with Crippen LogP contribution < -0.4 is 0 Å². The van der Waals surface area contributed by atoms with E-state index in [4.69, 9.17) is 9.31 Å². The molecule has 2 nitrogen and oxygen atoms in total. The number of hydrogen-bond acceptors (Lipinski definition) is 2. The molecule has 1 heterocycles. The molecule has 0 amide bonds. The van der Waals surface area contributed by atoms with E-state index in [0.717, 1.165) is 5.57 Å². The molecule has 78 valence electrons. The molecular formula is C11H19BO2. The molecule has 0 spiro atoms. The van der Waals surface area contributed by atoms with E-state index in [1.54, 1.807) is 6.08 Å². The van der Waals surface area contributed by atoms with Crippen LogP contribution in [0.15, 0.2) is 24.8 Å². The summed E-state index contributed by atoms with van der Waals surface area (Å²) in [4.78, 5) is 0. The summed E-state index contributed by atoms with van der Waals surface area (Å²) in [6.45, 7) is 15.7. The molecule has 1 saturated heterocycles. The second-order valence-corrected chi connectivity index (χ2v) is 4.75. The second kappa shape index (κ2) is 3.56. The van der Waals surface area contributed by atoms with Gasteiger partial charge in [-0.25, -0.2) is 0 Å². The molecule has 0 radical (unpaired) electrons. The van der Waals surface area contributed by atoms with Gasteiger partial charge >= 0.3 is 7.12 Å². The van der Waals surface area contributed by atoms with E-state index in [1.807, 2.05) is 27.7 Å². The molecule has 0 saturated carbocycles. The van der Waals surface area contributed by atoms with E-state index in [2.05, 4.69) is 13.2 Å². The van der Waals surface area contributed by atoms with Gasteiger partial charge in [-0.3, -0.25) is 0 Å². The fourth-order valence-electron chi connectivity index (χ4n) is 1.35. The van der Waals surface area contributed by atoms with Gasteiger partial charge < -0.3 is 9.31 Å². The van der Waals surface area contributed by atoms with Crippen molar-refractivity contribution in [3.63, 3.8) is 0 Å². The summed E-state index contributed by atoms with van der Waals surface area (Å²) < 4.78 is 11.6. The minimum atomic E-state index is -0.251. The summed E-state index contributed by atoms with van der Waals surface area (Å²) in [5.41, 5.74) is 0.446. The first-order chi connectivity index (χ1) is 6.28. The van der Waals surface area contributed by atoms with Crippen molar-refractivity contribution in [2.75, 3.05) is 0 Å². The van der Waals surface area contributed by atoms with Crippen LogP contribution in [0.3, 0.4) is 0 Å². The third-order valence-electron chi connectivity index (χ3n) is 3.02. The predicted octanol–water partition coefficient (Wildman–Crippen LogP) is 2.82. The Hall–Kier alpha value is -0.535. The molecule has 0 unspecified atom stereocenters. The Bertz CT molecular complexity index is 240. The first-order valence-electron chi connectivity index (χ1n) is 4.94. The van der Waals surface area contributed by atoms with Gasteiger partial charge in [0.25, 0.3) is 0 Å². The molecule has 0 atom stereocenters. The zero-order valence-corrected chi connectivity index (χ0v) is 9.59. The van der Waals surface area contributed by atoms with Gasteiger partial charge in [0.15, 0.2) is 0 Å². The van der Waals surface area contributed by atoms with Crippen LogP contribution in [0.4, 0.5) is 0 Å². The average Bonchev–Trinajstić information content (AvgIpc) is 2.20. The summed E-state index contributed by atoms with van der Waals surface area (Å²) >= 11 is 0. The smallest absolute Gasteiger partial charge is 0.403 e. The van der Waals surface area contributed by atoms with E-state index < -0.39 is 0 Å². The molecule has 1 rings (SSSR count). The number of rotatable bonds is 3. The maximum atomic E-state index is 5.81. The van der Waals surface area contributed by atoms with Crippen LogP contribution in [-0.4, -0.2) is 18.3 Å². The molecule has 1 fully saturated rings. The highest BCUT2D eigenvalue weighted by Gasteiger charge is 2.50. The lowest BCUT2D eigenvalue weighted by atomic mass is 9.81. The Kier molecular flexibility index (Phi) is 2.93. The molecule has 0 N–H and O–H groups in total. The van der Waals surface area contributed by atoms with Crippen molar-refractivity contribution >= 4 is 7.12 Å². The summed E-state index contributed by atoms with van der Waals surface area (Å²) in [5, 5.41) is 0. The third kappa shape index (κ3) is 2.10. The van der Waals surface area contributed by atoms with Gasteiger partial charge in [-0.15, -0.1) is 0 Å². The van der Waals surface area contributed by atoms with Crippen LogP contribution in [0.2, 0.25) is 6.32 Å². The fourth-order valence-corrected chi connectivity index (χ4v) is 1.35. The molecule has 14 heavy (non-hydrogen) atoms. The van der Waals surface area contributed by atoms with Crippen LogP contribution in [0.25, 0.3) is 0 Å². The van der Waals surface area contributed by atoms with E-state index in [-0.39, 0.29) is 18.3 Å². The standard InChI is InChI=1S/C11H19BO2/c1-7-9(2)8-12-13-10(3,4)11(5,6)14-12/h7H,1-2,8H2,3-6H3. The van der Waals surface area contributed by atoms with Crippen LogP contribution in [0, 0.1) is 0 Å². The Morgan fingerprint density at radius 2 is 1.64 bits per heavy atom. The van der Waals surface area contributed by atoms with Crippen molar-refractivity contribution in [3.05, 3.63) is 24.8 Å². The largest absolute Gasteiger partial charge is 0.462 e. The minimum Gasteiger partial charge on any atom is -0.403 e. The summed E-state index contributed by atoms with van der Waals surface area (Å²) in [6.07, 6.45) is 2.43. The highest BCUT2D eigenvalue weighted by molar-refractivity contribution is 6.46. The predicted molar refractivity (Wildman–Crippen MR) is 60.2 cm³/mol. The number of allylic oxidation sites excluding steroid dienone is 2. The SMILES string of the molecule is C=CC(=C)CB1OC(C)(C)C(C)(C)O1. The Morgan fingerprint density at radius 1 is 1.21 bits per heavy atom. The molecule has 0 aromatic heterocycles. The van der Waals surface area contributed by atoms with Crippen molar-refractivity contribution in [2.24, 2.45) is 0 Å². The third-order valence-corrected chi connectivity index (χ3v) is 3.02. The quantitative estimate of drug-likeness (QED) is 0.508. The van der Waals surface area contributed by atoms with Crippen LogP contribution >= 0.6 is 0 Å². The monoisotopic (exact) mass is 194 g/mol.